The largest absolute Gasteiger partial charge is 0.465 e. The number of benzene rings is 1. The predicted molar refractivity (Wildman–Crippen MR) is 124 cm³/mol. The van der Waals surface area contributed by atoms with Crippen molar-refractivity contribution in [2.24, 2.45) is 0 Å². The normalized spacial score (nSPS) is 15.8. The number of nitrogens with zero attached hydrogens (tertiary/aromatic N) is 3. The van der Waals surface area contributed by atoms with E-state index in [-0.39, 0.29) is 17.9 Å². The molecule has 1 saturated heterocycles. The summed E-state index contributed by atoms with van der Waals surface area (Å²) >= 11 is 6.17. The summed E-state index contributed by atoms with van der Waals surface area (Å²) in [5, 5.41) is 8.24. The van der Waals surface area contributed by atoms with Gasteiger partial charge in [-0.1, -0.05) is 31.5 Å². The van der Waals surface area contributed by atoms with E-state index >= 15 is 0 Å². The maximum atomic E-state index is 13.2. The van der Waals surface area contributed by atoms with Crippen molar-refractivity contribution >= 4 is 17.5 Å². The summed E-state index contributed by atoms with van der Waals surface area (Å²) in [7, 11) is 0. The molecule has 4 rings (SSSR count). The molecule has 0 spiro atoms. The van der Waals surface area contributed by atoms with E-state index in [1.165, 1.54) is 0 Å². The van der Waals surface area contributed by atoms with Gasteiger partial charge in [0.05, 0.1) is 42.4 Å². The van der Waals surface area contributed by atoms with Crippen LogP contribution in [0.5, 0.6) is 0 Å². The number of nitrogens with one attached hydrogen (secondary N) is 1. The molecule has 0 aliphatic carbocycles. The SMILES string of the molecule is Cc1ccc([C@@H](CNC(=O)c2cnn(-c3cccc(Cl)c3)c2C(C)C)N2CCOCC2)o1. The monoisotopic (exact) mass is 456 g/mol. The number of furan rings is 1. The number of morpholine rings is 1. The van der Waals surface area contributed by atoms with Gasteiger partial charge in [-0.05, 0) is 43.2 Å². The molecular weight excluding hydrogens is 428 g/mol. The number of hydrogen-bond donors (Lipinski definition) is 1. The lowest BCUT2D eigenvalue weighted by Gasteiger charge is -2.33. The molecule has 1 aliphatic rings. The summed E-state index contributed by atoms with van der Waals surface area (Å²) in [5.41, 5.74) is 2.25. The van der Waals surface area contributed by atoms with Crippen LogP contribution in [-0.2, 0) is 4.74 Å². The van der Waals surface area contributed by atoms with Crippen molar-refractivity contribution < 1.29 is 13.9 Å². The van der Waals surface area contributed by atoms with Gasteiger partial charge in [0.25, 0.3) is 5.91 Å². The predicted octanol–water partition coefficient (Wildman–Crippen LogP) is 4.35. The van der Waals surface area contributed by atoms with E-state index in [9.17, 15) is 4.79 Å². The Morgan fingerprint density at radius 2 is 2.00 bits per heavy atom. The second-order valence-electron chi connectivity index (χ2n) is 8.31. The Morgan fingerprint density at radius 1 is 1.22 bits per heavy atom. The average Bonchev–Trinajstić information content (AvgIpc) is 3.41. The molecule has 1 aromatic carbocycles. The molecule has 1 N–H and O–H groups in total. The topological polar surface area (TPSA) is 72.5 Å². The molecule has 3 aromatic rings. The second-order valence-corrected chi connectivity index (χ2v) is 8.75. The number of rotatable bonds is 7. The molecule has 0 bridgehead atoms. The number of carbonyl (C=O) groups excluding carboxylic acids is 1. The molecule has 1 aliphatic heterocycles. The zero-order valence-electron chi connectivity index (χ0n) is 18.7. The molecule has 0 radical (unpaired) electrons. The maximum Gasteiger partial charge on any atom is 0.254 e. The first kappa shape index (κ1) is 22.6. The maximum absolute atomic E-state index is 13.2. The van der Waals surface area contributed by atoms with Crippen molar-refractivity contribution in [1.29, 1.82) is 0 Å². The summed E-state index contributed by atoms with van der Waals surface area (Å²) in [4.78, 5) is 15.5. The van der Waals surface area contributed by atoms with Gasteiger partial charge in [0, 0.05) is 24.7 Å². The lowest BCUT2D eigenvalue weighted by atomic mass is 10.0. The lowest BCUT2D eigenvalue weighted by Crippen LogP contribution is -2.43. The highest BCUT2D eigenvalue weighted by atomic mass is 35.5. The minimum Gasteiger partial charge on any atom is -0.465 e. The Balaban J connectivity index is 1.56. The van der Waals surface area contributed by atoms with E-state index in [1.54, 1.807) is 10.9 Å². The van der Waals surface area contributed by atoms with Gasteiger partial charge >= 0.3 is 0 Å². The van der Waals surface area contributed by atoms with Gasteiger partial charge in [-0.25, -0.2) is 4.68 Å². The van der Waals surface area contributed by atoms with E-state index in [1.807, 2.05) is 43.3 Å². The van der Waals surface area contributed by atoms with Crippen LogP contribution >= 0.6 is 11.6 Å². The third-order valence-corrected chi connectivity index (χ3v) is 5.92. The Morgan fingerprint density at radius 3 is 2.66 bits per heavy atom. The number of aromatic nitrogens is 2. The van der Waals surface area contributed by atoms with Gasteiger partial charge in [-0.15, -0.1) is 0 Å². The highest BCUT2D eigenvalue weighted by Crippen LogP contribution is 2.26. The van der Waals surface area contributed by atoms with Gasteiger partial charge in [0.2, 0.25) is 0 Å². The third kappa shape index (κ3) is 4.90. The fourth-order valence-electron chi connectivity index (χ4n) is 4.12. The van der Waals surface area contributed by atoms with E-state index in [4.69, 9.17) is 20.8 Å². The number of ether oxygens (including phenoxy) is 1. The Bertz CT molecular complexity index is 1070. The Hall–Kier alpha value is -2.61. The van der Waals surface area contributed by atoms with E-state index in [0.29, 0.717) is 30.3 Å². The van der Waals surface area contributed by atoms with Crippen LogP contribution in [0.25, 0.3) is 5.69 Å². The van der Waals surface area contributed by atoms with Crippen LogP contribution in [0.15, 0.2) is 47.0 Å². The van der Waals surface area contributed by atoms with Crippen molar-refractivity contribution in [3.05, 3.63) is 70.4 Å². The minimum absolute atomic E-state index is 0.0537. The molecule has 3 heterocycles. The van der Waals surface area contributed by atoms with Crippen LogP contribution in [-0.4, -0.2) is 53.4 Å². The average molecular weight is 457 g/mol. The molecular formula is C24H29ClN4O3. The Labute approximate surface area is 193 Å². The standard InChI is InChI=1S/C24H29ClN4O3/c1-16(2)23-20(14-27-29(23)19-6-4-5-18(25)13-19)24(30)26-15-21(22-8-7-17(3)32-22)28-9-11-31-12-10-28/h4-8,13-14,16,21H,9-12,15H2,1-3H3,(H,26,30)/t21-/m1/s1. The lowest BCUT2D eigenvalue weighted by molar-refractivity contribution is 0.0117. The number of halogens is 1. The molecule has 32 heavy (non-hydrogen) atoms. The molecule has 8 heteroatoms. The summed E-state index contributed by atoms with van der Waals surface area (Å²) in [6.07, 6.45) is 1.63. The third-order valence-electron chi connectivity index (χ3n) is 5.68. The highest BCUT2D eigenvalue weighted by Gasteiger charge is 2.27. The quantitative estimate of drug-likeness (QED) is 0.572. The van der Waals surface area contributed by atoms with Crippen LogP contribution in [0.4, 0.5) is 0 Å². The van der Waals surface area contributed by atoms with Crippen molar-refractivity contribution in [2.75, 3.05) is 32.8 Å². The van der Waals surface area contributed by atoms with E-state index < -0.39 is 0 Å². The highest BCUT2D eigenvalue weighted by molar-refractivity contribution is 6.30. The minimum atomic E-state index is -0.150. The molecule has 170 valence electrons. The van der Waals surface area contributed by atoms with Crippen molar-refractivity contribution in [1.82, 2.24) is 20.0 Å². The number of aryl methyl sites for hydroxylation is 1. The van der Waals surface area contributed by atoms with Gasteiger partial charge in [0.1, 0.15) is 11.5 Å². The first-order chi connectivity index (χ1) is 15.4. The first-order valence-electron chi connectivity index (χ1n) is 10.9. The van der Waals surface area contributed by atoms with Crippen LogP contribution in [0, 0.1) is 6.92 Å². The summed E-state index contributed by atoms with van der Waals surface area (Å²) in [5.74, 6) is 1.65. The molecule has 1 fully saturated rings. The van der Waals surface area contributed by atoms with Crippen LogP contribution < -0.4 is 5.32 Å². The fourth-order valence-corrected chi connectivity index (χ4v) is 4.30. The summed E-state index contributed by atoms with van der Waals surface area (Å²) in [6, 6.07) is 11.4. The summed E-state index contributed by atoms with van der Waals surface area (Å²) in [6.45, 7) is 9.41. The van der Waals surface area contributed by atoms with E-state index in [0.717, 1.165) is 36.0 Å². The van der Waals surface area contributed by atoms with Crippen LogP contribution in [0.2, 0.25) is 5.02 Å². The molecule has 0 unspecified atom stereocenters. The molecule has 7 nitrogen and oxygen atoms in total. The van der Waals surface area contributed by atoms with Gasteiger partial charge in [-0.3, -0.25) is 9.69 Å². The fraction of sp³-hybridized carbons (Fsp3) is 0.417. The molecule has 2 aromatic heterocycles. The van der Waals surface area contributed by atoms with Crippen LogP contribution in [0.3, 0.4) is 0 Å². The first-order valence-corrected chi connectivity index (χ1v) is 11.3. The number of hydrogen-bond acceptors (Lipinski definition) is 5. The van der Waals surface area contributed by atoms with Crippen molar-refractivity contribution in [2.45, 2.75) is 32.7 Å². The van der Waals surface area contributed by atoms with Crippen molar-refractivity contribution in [3.63, 3.8) is 0 Å². The van der Waals surface area contributed by atoms with Gasteiger partial charge in [-0.2, -0.15) is 5.10 Å². The van der Waals surface area contributed by atoms with Gasteiger partial charge < -0.3 is 14.5 Å². The van der Waals surface area contributed by atoms with Gasteiger partial charge in [0.15, 0.2) is 0 Å². The molecule has 1 amide bonds. The number of carbonyl (C=O) groups is 1. The van der Waals surface area contributed by atoms with Crippen molar-refractivity contribution in [3.8, 4) is 5.69 Å². The molecule has 1 atom stereocenters. The zero-order valence-corrected chi connectivity index (χ0v) is 19.4. The summed E-state index contributed by atoms with van der Waals surface area (Å²) < 4.78 is 13.2. The smallest absolute Gasteiger partial charge is 0.254 e. The molecule has 0 saturated carbocycles. The second kappa shape index (κ2) is 9.90. The zero-order chi connectivity index (χ0) is 22.7. The number of amides is 1. The Kier molecular flexibility index (Phi) is 6.98. The van der Waals surface area contributed by atoms with Crippen LogP contribution in [0.1, 0.15) is 53.4 Å². The van der Waals surface area contributed by atoms with E-state index in [2.05, 4.69) is 29.2 Å².